The van der Waals surface area contributed by atoms with Crippen LogP contribution in [-0.2, 0) is 6.54 Å². The minimum Gasteiger partial charge on any atom is -0.234 e. The summed E-state index contributed by atoms with van der Waals surface area (Å²) in [6.07, 6.45) is 4.93. The van der Waals surface area contributed by atoms with Crippen LogP contribution in [0.4, 0.5) is 0 Å². The molecule has 0 saturated carbocycles. The van der Waals surface area contributed by atoms with Gasteiger partial charge >= 0.3 is 0 Å². The van der Waals surface area contributed by atoms with Crippen LogP contribution >= 0.6 is 0 Å². The van der Waals surface area contributed by atoms with Gasteiger partial charge in [-0.25, -0.2) is 9.36 Å². The van der Waals surface area contributed by atoms with E-state index in [1.165, 1.54) is 22.8 Å². The molecule has 2 aliphatic rings. The lowest BCUT2D eigenvalue weighted by atomic mass is 10.2. The number of hydrogen-bond donors (Lipinski definition) is 0. The number of rotatable bonds is 0. The summed E-state index contributed by atoms with van der Waals surface area (Å²) in [7, 11) is 0. The second kappa shape index (κ2) is 3.12. The zero-order valence-electron chi connectivity index (χ0n) is 10.3. The average Bonchev–Trinajstić information content (AvgIpc) is 3.04. The van der Waals surface area contributed by atoms with E-state index in [1.807, 2.05) is 12.4 Å². The predicted molar refractivity (Wildman–Crippen MR) is 68.1 cm³/mol. The van der Waals surface area contributed by atoms with Gasteiger partial charge in [0.2, 0.25) is 11.4 Å². The molecule has 2 bridgehead atoms. The molecule has 0 saturated heterocycles. The van der Waals surface area contributed by atoms with Crippen LogP contribution < -0.4 is 4.57 Å². The monoisotopic (exact) mass is 250 g/mol. The SMILES string of the molecule is c1cc2[n+]3c(c1)-c1ccnn1C(CC3)n1nccc1-2. The van der Waals surface area contributed by atoms with Gasteiger partial charge in [0.15, 0.2) is 12.7 Å². The molecule has 5 heteroatoms. The van der Waals surface area contributed by atoms with E-state index in [0.29, 0.717) is 0 Å². The molecular formula is C14H12N5+. The van der Waals surface area contributed by atoms with E-state index in [9.17, 15) is 0 Å². The van der Waals surface area contributed by atoms with Crippen LogP contribution in [0.2, 0.25) is 0 Å². The Morgan fingerprint density at radius 1 is 0.947 bits per heavy atom. The van der Waals surface area contributed by atoms with Gasteiger partial charge in [-0.05, 0) is 18.2 Å². The third kappa shape index (κ3) is 1.04. The number of nitrogens with zero attached hydrogens (tertiary/aromatic N) is 5. The molecule has 0 N–H and O–H groups in total. The second-order valence-electron chi connectivity index (χ2n) is 5.04. The van der Waals surface area contributed by atoms with Crippen LogP contribution in [0.15, 0.2) is 42.7 Å². The van der Waals surface area contributed by atoms with Crippen LogP contribution in [0.25, 0.3) is 22.8 Å². The molecule has 5 rings (SSSR count). The molecule has 3 aromatic heterocycles. The first-order valence-corrected chi connectivity index (χ1v) is 6.54. The maximum atomic E-state index is 4.52. The topological polar surface area (TPSA) is 39.5 Å². The molecule has 0 aliphatic carbocycles. The van der Waals surface area contributed by atoms with Gasteiger partial charge in [0, 0.05) is 30.9 Å². The van der Waals surface area contributed by atoms with Crippen molar-refractivity contribution in [3.05, 3.63) is 42.7 Å². The fourth-order valence-electron chi connectivity index (χ4n) is 3.33. The molecule has 2 aliphatic heterocycles. The highest BCUT2D eigenvalue weighted by Gasteiger charge is 2.36. The molecule has 0 amide bonds. The largest absolute Gasteiger partial charge is 0.234 e. The highest BCUT2D eigenvalue weighted by Crippen LogP contribution is 2.33. The van der Waals surface area contributed by atoms with Gasteiger partial charge in [-0.3, -0.25) is 0 Å². The summed E-state index contributed by atoms with van der Waals surface area (Å²) in [6.45, 7) is 1.00. The van der Waals surface area contributed by atoms with E-state index in [1.54, 1.807) is 0 Å². The van der Waals surface area contributed by atoms with Gasteiger partial charge in [0.1, 0.15) is 11.4 Å². The molecule has 5 heterocycles. The Balaban J connectivity index is 2.03. The second-order valence-corrected chi connectivity index (χ2v) is 5.04. The molecule has 3 aromatic rings. The lowest BCUT2D eigenvalue weighted by molar-refractivity contribution is -0.674. The fourth-order valence-corrected chi connectivity index (χ4v) is 3.33. The molecule has 5 nitrogen and oxygen atoms in total. The molecule has 0 spiro atoms. The molecule has 0 aromatic carbocycles. The van der Waals surface area contributed by atoms with Gasteiger partial charge < -0.3 is 0 Å². The van der Waals surface area contributed by atoms with Crippen LogP contribution in [0.1, 0.15) is 12.6 Å². The van der Waals surface area contributed by atoms with Crippen molar-refractivity contribution in [3.8, 4) is 22.8 Å². The van der Waals surface area contributed by atoms with Gasteiger partial charge in [-0.15, -0.1) is 0 Å². The van der Waals surface area contributed by atoms with E-state index >= 15 is 0 Å². The van der Waals surface area contributed by atoms with Crippen molar-refractivity contribution in [3.63, 3.8) is 0 Å². The van der Waals surface area contributed by atoms with E-state index in [-0.39, 0.29) is 6.17 Å². The number of hydrogen-bond acceptors (Lipinski definition) is 2. The molecule has 0 atom stereocenters. The zero-order valence-corrected chi connectivity index (χ0v) is 10.3. The highest BCUT2D eigenvalue weighted by atomic mass is 15.5. The highest BCUT2D eigenvalue weighted by molar-refractivity contribution is 5.58. The Hall–Kier alpha value is -2.43. The van der Waals surface area contributed by atoms with Crippen LogP contribution in [-0.4, -0.2) is 19.6 Å². The Morgan fingerprint density at radius 3 is 2.21 bits per heavy atom. The normalized spacial score (nSPS) is 15.8. The molecule has 0 unspecified atom stereocenters. The van der Waals surface area contributed by atoms with Crippen LogP contribution in [0.5, 0.6) is 0 Å². The average molecular weight is 250 g/mol. The smallest absolute Gasteiger partial charge is 0.231 e. The number of pyridine rings is 1. The van der Waals surface area contributed by atoms with Crippen LogP contribution in [0, 0.1) is 0 Å². The fraction of sp³-hybridized carbons (Fsp3) is 0.214. The van der Waals surface area contributed by atoms with E-state index < -0.39 is 0 Å². The summed E-state index contributed by atoms with van der Waals surface area (Å²) in [4.78, 5) is 0. The Bertz CT molecular complexity index is 737. The van der Waals surface area contributed by atoms with Crippen molar-refractivity contribution >= 4 is 0 Å². The van der Waals surface area contributed by atoms with Crippen molar-refractivity contribution in [1.29, 1.82) is 0 Å². The molecule has 92 valence electrons. The van der Waals surface area contributed by atoms with Crippen molar-refractivity contribution in [2.75, 3.05) is 0 Å². The zero-order chi connectivity index (χ0) is 12.4. The first-order chi connectivity index (χ1) is 9.43. The van der Waals surface area contributed by atoms with Crippen molar-refractivity contribution in [2.45, 2.75) is 19.1 Å². The minimum atomic E-state index is 0.174. The van der Waals surface area contributed by atoms with Crippen molar-refractivity contribution < 1.29 is 4.57 Å². The predicted octanol–water partition coefficient (Wildman–Crippen LogP) is 1.47. The number of aromatic nitrogens is 5. The van der Waals surface area contributed by atoms with Crippen molar-refractivity contribution in [1.82, 2.24) is 19.6 Å². The number of fused-ring (bicyclic) bond motifs is 8. The summed E-state index contributed by atoms with van der Waals surface area (Å²) in [5, 5.41) is 9.04. The summed E-state index contributed by atoms with van der Waals surface area (Å²) >= 11 is 0. The third-order valence-electron chi connectivity index (χ3n) is 4.13. The van der Waals surface area contributed by atoms with E-state index in [2.05, 4.69) is 54.5 Å². The summed E-state index contributed by atoms with van der Waals surface area (Å²) in [6, 6.07) is 10.6. The van der Waals surface area contributed by atoms with Gasteiger partial charge in [0.05, 0.1) is 0 Å². The van der Waals surface area contributed by atoms with Gasteiger partial charge in [-0.2, -0.15) is 14.8 Å². The Labute approximate surface area is 109 Å². The maximum Gasteiger partial charge on any atom is 0.231 e. The first kappa shape index (κ1) is 9.49. The maximum absolute atomic E-state index is 4.52. The lowest BCUT2D eigenvalue weighted by Crippen LogP contribution is -2.37. The van der Waals surface area contributed by atoms with Crippen LogP contribution in [0.3, 0.4) is 0 Å². The Morgan fingerprint density at radius 2 is 1.58 bits per heavy atom. The lowest BCUT2D eigenvalue weighted by Gasteiger charge is -2.18. The summed E-state index contributed by atoms with van der Waals surface area (Å²) < 4.78 is 6.57. The summed E-state index contributed by atoms with van der Waals surface area (Å²) in [5.41, 5.74) is 4.82. The van der Waals surface area contributed by atoms with E-state index in [4.69, 9.17) is 0 Å². The van der Waals surface area contributed by atoms with E-state index in [0.717, 1.165) is 13.0 Å². The Kier molecular flexibility index (Phi) is 1.56. The first-order valence-electron chi connectivity index (χ1n) is 6.54. The molecule has 0 fully saturated rings. The van der Waals surface area contributed by atoms with Crippen molar-refractivity contribution in [2.24, 2.45) is 0 Å². The molecule has 0 radical (unpaired) electrons. The summed E-state index contributed by atoms with van der Waals surface area (Å²) in [5.74, 6) is 0. The quantitative estimate of drug-likeness (QED) is 0.567. The van der Waals surface area contributed by atoms with Gasteiger partial charge in [0.25, 0.3) is 0 Å². The minimum absolute atomic E-state index is 0.174. The third-order valence-corrected chi connectivity index (χ3v) is 4.13. The molecular weight excluding hydrogens is 238 g/mol. The molecule has 19 heavy (non-hydrogen) atoms. The standard InChI is InChI=1S/C14H12N5/c1-2-10-12-4-7-15-18(12)14-6-9-17(10)11(3-1)13-5-8-16-19(13)14/h1-5,7-8,14H,6,9H2/q+1. The van der Waals surface area contributed by atoms with Gasteiger partial charge in [-0.1, -0.05) is 0 Å².